The van der Waals surface area contributed by atoms with Crippen LogP contribution in [0.15, 0.2) is 39.9 Å². The maximum absolute atomic E-state index is 12.0. The van der Waals surface area contributed by atoms with E-state index in [0.717, 1.165) is 6.07 Å². The van der Waals surface area contributed by atoms with E-state index in [-0.39, 0.29) is 12.4 Å². The molecule has 0 radical (unpaired) electrons. The molecule has 1 heterocycles. The van der Waals surface area contributed by atoms with Crippen LogP contribution in [0.25, 0.3) is 0 Å². The predicted molar refractivity (Wildman–Crippen MR) is 90.1 cm³/mol. The van der Waals surface area contributed by atoms with Crippen molar-refractivity contribution < 1.29 is 24.3 Å². The maximum atomic E-state index is 12.0. The smallest absolute Gasteiger partial charge is 0.311 e. The number of carbonyl (C=O) groups is 1. The molecule has 1 aliphatic heterocycles. The number of fused-ring (bicyclic) bond motifs is 1. The van der Waals surface area contributed by atoms with Gasteiger partial charge in [0.25, 0.3) is 5.91 Å². The summed E-state index contributed by atoms with van der Waals surface area (Å²) in [4.78, 5) is 22.0. The van der Waals surface area contributed by atoms with Gasteiger partial charge in [-0.3, -0.25) is 14.9 Å². The lowest BCUT2D eigenvalue weighted by atomic mass is 10.1. The number of rotatable bonds is 4. The van der Waals surface area contributed by atoms with E-state index in [1.807, 2.05) is 0 Å². The fourth-order valence-electron chi connectivity index (χ4n) is 2.11. The van der Waals surface area contributed by atoms with Crippen LogP contribution in [-0.2, 0) is 0 Å². The van der Waals surface area contributed by atoms with E-state index in [0.29, 0.717) is 21.5 Å². The minimum absolute atomic E-state index is 0.130. The van der Waals surface area contributed by atoms with Crippen LogP contribution in [0.5, 0.6) is 17.2 Å². The van der Waals surface area contributed by atoms with Crippen molar-refractivity contribution in [1.82, 2.24) is 5.43 Å². The monoisotopic (exact) mass is 407 g/mol. The topological polar surface area (TPSA) is 123 Å². The number of halogens is 1. The number of phenolic OH excluding ortho intramolecular Hbond substituents is 1. The van der Waals surface area contributed by atoms with Gasteiger partial charge in [0.1, 0.15) is 0 Å². The molecule has 1 amide bonds. The van der Waals surface area contributed by atoms with E-state index in [1.54, 1.807) is 12.1 Å². The van der Waals surface area contributed by atoms with Gasteiger partial charge in [-0.2, -0.15) is 5.10 Å². The Kier molecular flexibility index (Phi) is 4.52. The third-order valence-electron chi connectivity index (χ3n) is 3.32. The van der Waals surface area contributed by atoms with Gasteiger partial charge in [-0.1, -0.05) is 6.07 Å². The van der Waals surface area contributed by atoms with E-state index in [9.17, 15) is 20.0 Å². The molecular weight excluding hydrogens is 398 g/mol. The predicted octanol–water partition coefficient (Wildman–Crippen LogP) is 2.56. The molecule has 0 spiro atoms. The Morgan fingerprint density at radius 2 is 2.08 bits per heavy atom. The highest BCUT2D eigenvalue weighted by Crippen LogP contribution is 2.36. The zero-order valence-corrected chi connectivity index (χ0v) is 14.0. The minimum atomic E-state index is -0.783. The van der Waals surface area contributed by atoms with E-state index < -0.39 is 22.3 Å². The molecule has 0 fully saturated rings. The zero-order chi connectivity index (χ0) is 18.0. The van der Waals surface area contributed by atoms with Gasteiger partial charge in [0.2, 0.25) is 12.5 Å². The molecule has 3 rings (SSSR count). The van der Waals surface area contributed by atoms with Crippen LogP contribution in [0.2, 0.25) is 0 Å². The molecule has 25 heavy (non-hydrogen) atoms. The fourth-order valence-corrected chi connectivity index (χ4v) is 2.54. The molecule has 10 heteroatoms. The van der Waals surface area contributed by atoms with Crippen LogP contribution in [-0.4, -0.2) is 28.9 Å². The largest absolute Gasteiger partial charge is 0.502 e. The first-order valence-electron chi connectivity index (χ1n) is 6.86. The van der Waals surface area contributed by atoms with Gasteiger partial charge in [0.15, 0.2) is 11.5 Å². The SMILES string of the molecule is O=C(NN=Cc1cc2c(cc1Br)OCO2)c1cccc([N+](=O)[O-])c1O. The molecule has 9 nitrogen and oxygen atoms in total. The van der Waals surface area contributed by atoms with Gasteiger partial charge < -0.3 is 14.6 Å². The Labute approximate surface area is 149 Å². The van der Waals surface area contributed by atoms with Crippen molar-refractivity contribution in [2.45, 2.75) is 0 Å². The summed E-state index contributed by atoms with van der Waals surface area (Å²) in [6, 6.07) is 7.03. The van der Waals surface area contributed by atoms with Crippen molar-refractivity contribution in [2.24, 2.45) is 5.10 Å². The van der Waals surface area contributed by atoms with Gasteiger partial charge in [0.05, 0.1) is 16.7 Å². The Morgan fingerprint density at radius 3 is 2.80 bits per heavy atom. The highest BCUT2D eigenvalue weighted by atomic mass is 79.9. The second-order valence-electron chi connectivity index (χ2n) is 4.86. The molecule has 0 saturated heterocycles. The number of nitro benzene ring substituents is 1. The summed E-state index contributed by atoms with van der Waals surface area (Å²) in [7, 11) is 0. The first-order chi connectivity index (χ1) is 12.0. The molecule has 1 aliphatic rings. The lowest BCUT2D eigenvalue weighted by Gasteiger charge is -2.04. The summed E-state index contributed by atoms with van der Waals surface area (Å²) < 4.78 is 11.2. The number of nitrogens with zero attached hydrogens (tertiary/aromatic N) is 2. The molecule has 0 unspecified atom stereocenters. The number of hydrazone groups is 1. The van der Waals surface area contributed by atoms with Crippen LogP contribution in [0.3, 0.4) is 0 Å². The van der Waals surface area contributed by atoms with E-state index in [4.69, 9.17) is 9.47 Å². The summed E-state index contributed by atoms with van der Waals surface area (Å²) in [6.07, 6.45) is 1.36. The van der Waals surface area contributed by atoms with E-state index in [2.05, 4.69) is 26.5 Å². The standard InChI is InChI=1S/C15H10BrN3O6/c16-10-5-13-12(24-7-25-13)4-8(10)6-17-18-15(21)9-2-1-3-11(14(9)20)19(22)23/h1-6,20H,7H2,(H,18,21). The molecular formula is C15H10BrN3O6. The summed E-state index contributed by atoms with van der Waals surface area (Å²) >= 11 is 3.34. The highest BCUT2D eigenvalue weighted by Gasteiger charge is 2.20. The van der Waals surface area contributed by atoms with Crippen LogP contribution in [0, 0.1) is 10.1 Å². The van der Waals surface area contributed by atoms with Crippen molar-refractivity contribution in [2.75, 3.05) is 6.79 Å². The zero-order valence-electron chi connectivity index (χ0n) is 12.4. The summed E-state index contributed by atoms with van der Waals surface area (Å²) in [6.45, 7) is 0.130. The summed E-state index contributed by atoms with van der Waals surface area (Å²) in [5.74, 6) is -0.361. The third-order valence-corrected chi connectivity index (χ3v) is 4.00. The van der Waals surface area contributed by atoms with Crippen LogP contribution in [0.4, 0.5) is 5.69 Å². The Morgan fingerprint density at radius 1 is 1.36 bits per heavy atom. The molecule has 128 valence electrons. The van der Waals surface area contributed by atoms with E-state index in [1.165, 1.54) is 18.3 Å². The average Bonchev–Trinajstić information content (AvgIpc) is 3.01. The number of nitro groups is 1. The second kappa shape index (κ2) is 6.77. The number of amides is 1. The Hall–Kier alpha value is -3.14. The molecule has 0 saturated carbocycles. The summed E-state index contributed by atoms with van der Waals surface area (Å²) in [5, 5.41) is 24.4. The van der Waals surface area contributed by atoms with Crippen molar-refractivity contribution in [3.63, 3.8) is 0 Å². The first kappa shape index (κ1) is 16.7. The van der Waals surface area contributed by atoms with Crippen molar-refractivity contribution in [1.29, 1.82) is 0 Å². The molecule has 0 aliphatic carbocycles. The molecule has 2 aromatic carbocycles. The summed E-state index contributed by atoms with van der Waals surface area (Å²) in [5.41, 5.74) is 2.01. The molecule has 2 N–H and O–H groups in total. The number of hydrogen-bond acceptors (Lipinski definition) is 7. The van der Waals surface area contributed by atoms with Crippen LogP contribution in [0.1, 0.15) is 15.9 Å². The number of hydrogen-bond donors (Lipinski definition) is 2. The van der Waals surface area contributed by atoms with Crippen molar-refractivity contribution in [3.05, 3.63) is 56.0 Å². The third kappa shape index (κ3) is 3.38. The number of aromatic hydroxyl groups is 1. The van der Waals surface area contributed by atoms with Crippen molar-refractivity contribution in [3.8, 4) is 17.2 Å². The normalized spacial score (nSPS) is 12.4. The lowest BCUT2D eigenvalue weighted by molar-refractivity contribution is -0.385. The molecule has 0 aromatic heterocycles. The average molecular weight is 408 g/mol. The number of phenols is 1. The molecule has 2 aromatic rings. The van der Waals surface area contributed by atoms with Gasteiger partial charge in [0, 0.05) is 16.1 Å². The maximum Gasteiger partial charge on any atom is 0.311 e. The van der Waals surface area contributed by atoms with E-state index >= 15 is 0 Å². The number of nitrogens with one attached hydrogen (secondary N) is 1. The Bertz CT molecular complexity index is 899. The number of carbonyl (C=O) groups excluding carboxylic acids is 1. The van der Waals surface area contributed by atoms with Gasteiger partial charge in [-0.05, 0) is 34.1 Å². The Balaban J connectivity index is 1.76. The minimum Gasteiger partial charge on any atom is -0.502 e. The van der Waals surface area contributed by atoms with Gasteiger partial charge in [-0.15, -0.1) is 0 Å². The molecule has 0 atom stereocenters. The number of ether oxygens (including phenoxy) is 2. The van der Waals surface area contributed by atoms with Crippen molar-refractivity contribution >= 4 is 33.7 Å². The first-order valence-corrected chi connectivity index (χ1v) is 7.65. The molecule has 0 bridgehead atoms. The quantitative estimate of drug-likeness (QED) is 0.455. The number of benzene rings is 2. The van der Waals surface area contributed by atoms with Gasteiger partial charge >= 0.3 is 5.69 Å². The van der Waals surface area contributed by atoms with Crippen LogP contribution < -0.4 is 14.9 Å². The lowest BCUT2D eigenvalue weighted by Crippen LogP contribution is -2.18. The van der Waals surface area contributed by atoms with Gasteiger partial charge in [-0.25, -0.2) is 5.43 Å². The fraction of sp³-hybridized carbons (Fsp3) is 0.0667. The number of para-hydroxylation sites is 1. The highest BCUT2D eigenvalue weighted by molar-refractivity contribution is 9.10. The second-order valence-corrected chi connectivity index (χ2v) is 5.71. The van der Waals surface area contributed by atoms with Crippen LogP contribution >= 0.6 is 15.9 Å².